The summed E-state index contributed by atoms with van der Waals surface area (Å²) < 4.78 is 9.55. The predicted octanol–water partition coefficient (Wildman–Crippen LogP) is 0.836. The lowest BCUT2D eigenvalue weighted by atomic mass is 10.0. The summed E-state index contributed by atoms with van der Waals surface area (Å²) in [6.07, 6.45) is -0.0781. The van der Waals surface area contributed by atoms with E-state index >= 15 is 0 Å². The van der Waals surface area contributed by atoms with Crippen LogP contribution in [0.2, 0.25) is 0 Å². The first-order valence-corrected chi connectivity index (χ1v) is 9.37. The molecule has 0 radical (unpaired) electrons. The maximum Gasteiger partial charge on any atom is 0.407 e. The van der Waals surface area contributed by atoms with E-state index in [2.05, 4.69) is 20.5 Å². The van der Waals surface area contributed by atoms with Crippen LogP contribution >= 0.6 is 0 Å². The predicted molar refractivity (Wildman–Crippen MR) is 102 cm³/mol. The zero-order valence-corrected chi connectivity index (χ0v) is 16.9. The van der Waals surface area contributed by atoms with Gasteiger partial charge >= 0.3 is 6.09 Å². The fraction of sp³-hybridized carbons (Fsp3) is 0.667. The van der Waals surface area contributed by atoms with Crippen LogP contribution in [0.4, 0.5) is 10.6 Å². The van der Waals surface area contributed by atoms with E-state index in [1.54, 1.807) is 17.9 Å². The summed E-state index contributed by atoms with van der Waals surface area (Å²) in [5.74, 6) is 0.955. The number of nitrogens with one attached hydrogen (secondary N) is 2. The quantitative estimate of drug-likeness (QED) is 0.702. The van der Waals surface area contributed by atoms with Crippen molar-refractivity contribution in [3.8, 4) is 0 Å². The van der Waals surface area contributed by atoms with Crippen LogP contribution in [0, 0.1) is 12.8 Å². The molecule has 3 amide bonds. The molecule has 10 nitrogen and oxygen atoms in total. The highest BCUT2D eigenvalue weighted by atomic mass is 16.5. The van der Waals surface area contributed by atoms with E-state index in [1.807, 2.05) is 18.7 Å². The number of carbonyl (C=O) groups excluding carboxylic acids is 3. The molecule has 2 heterocycles. The van der Waals surface area contributed by atoms with Crippen LogP contribution in [0.1, 0.15) is 26.0 Å². The van der Waals surface area contributed by atoms with Gasteiger partial charge in [-0.05, 0) is 19.3 Å². The molecule has 0 aromatic carbocycles. The van der Waals surface area contributed by atoms with Crippen molar-refractivity contribution in [1.29, 1.82) is 0 Å². The number of hydrogen-bond acceptors (Lipinski definition) is 7. The van der Waals surface area contributed by atoms with Gasteiger partial charge in [0.2, 0.25) is 11.8 Å². The lowest BCUT2D eigenvalue weighted by Gasteiger charge is -2.36. The van der Waals surface area contributed by atoms with Crippen LogP contribution in [-0.2, 0) is 14.3 Å². The number of ether oxygens (including phenoxy) is 1. The second-order valence-corrected chi connectivity index (χ2v) is 7.29. The first-order chi connectivity index (χ1) is 13.3. The Morgan fingerprint density at radius 3 is 2.46 bits per heavy atom. The SMILES string of the molecule is COC(=O)NC(CC(C)C)C(=O)N1CCN(CC(=O)Nc2cc(C)on2)CC1. The molecule has 1 aliphatic heterocycles. The zero-order chi connectivity index (χ0) is 20.7. The average molecular weight is 395 g/mol. The fourth-order valence-electron chi connectivity index (χ4n) is 3.05. The molecule has 1 fully saturated rings. The number of nitrogens with zero attached hydrogens (tertiary/aromatic N) is 3. The van der Waals surface area contributed by atoms with E-state index in [0.29, 0.717) is 44.2 Å². The van der Waals surface area contributed by atoms with Gasteiger partial charge in [0.15, 0.2) is 5.82 Å². The van der Waals surface area contributed by atoms with Crippen LogP contribution in [0.25, 0.3) is 0 Å². The van der Waals surface area contributed by atoms with E-state index in [-0.39, 0.29) is 24.3 Å². The minimum atomic E-state index is -0.614. The number of alkyl carbamates (subject to hydrolysis) is 1. The summed E-state index contributed by atoms with van der Waals surface area (Å²) in [5.41, 5.74) is 0. The van der Waals surface area contributed by atoms with Gasteiger partial charge in [-0.3, -0.25) is 14.5 Å². The lowest BCUT2D eigenvalue weighted by Crippen LogP contribution is -2.56. The van der Waals surface area contributed by atoms with Gasteiger partial charge in [0, 0.05) is 32.2 Å². The summed E-state index contributed by atoms with van der Waals surface area (Å²) >= 11 is 0. The Labute approximate surface area is 164 Å². The third-order valence-electron chi connectivity index (χ3n) is 4.43. The molecule has 0 aliphatic carbocycles. The lowest BCUT2D eigenvalue weighted by molar-refractivity contribution is -0.135. The topological polar surface area (TPSA) is 117 Å². The summed E-state index contributed by atoms with van der Waals surface area (Å²) in [7, 11) is 1.27. The molecule has 1 aliphatic rings. The van der Waals surface area contributed by atoms with Crippen LogP contribution in [-0.4, -0.2) is 78.7 Å². The van der Waals surface area contributed by atoms with Crippen molar-refractivity contribution >= 4 is 23.7 Å². The van der Waals surface area contributed by atoms with E-state index in [1.165, 1.54) is 7.11 Å². The molecule has 1 aromatic heterocycles. The fourth-order valence-corrected chi connectivity index (χ4v) is 3.05. The van der Waals surface area contributed by atoms with Gasteiger partial charge in [-0.15, -0.1) is 0 Å². The Balaban J connectivity index is 1.82. The molecule has 0 bridgehead atoms. The molecule has 0 spiro atoms. The second-order valence-electron chi connectivity index (χ2n) is 7.29. The Bertz CT molecular complexity index is 682. The van der Waals surface area contributed by atoms with Crippen molar-refractivity contribution in [3.05, 3.63) is 11.8 Å². The van der Waals surface area contributed by atoms with Crippen molar-refractivity contribution in [1.82, 2.24) is 20.3 Å². The number of anilines is 1. The molecule has 1 atom stereocenters. The molecule has 156 valence electrons. The van der Waals surface area contributed by atoms with Gasteiger partial charge in [0.1, 0.15) is 11.8 Å². The van der Waals surface area contributed by atoms with Gasteiger partial charge in [0.25, 0.3) is 0 Å². The van der Waals surface area contributed by atoms with Crippen molar-refractivity contribution in [3.63, 3.8) is 0 Å². The summed E-state index contributed by atoms with van der Waals surface area (Å²) in [6.45, 7) is 8.08. The van der Waals surface area contributed by atoms with E-state index in [9.17, 15) is 14.4 Å². The Morgan fingerprint density at radius 2 is 1.93 bits per heavy atom. The minimum Gasteiger partial charge on any atom is -0.453 e. The molecule has 28 heavy (non-hydrogen) atoms. The Hall–Kier alpha value is -2.62. The highest BCUT2D eigenvalue weighted by Crippen LogP contribution is 2.12. The van der Waals surface area contributed by atoms with Crippen LogP contribution < -0.4 is 10.6 Å². The molecular weight excluding hydrogens is 366 g/mol. The molecule has 0 saturated carbocycles. The second kappa shape index (κ2) is 10.1. The molecule has 1 unspecified atom stereocenters. The number of carbonyl (C=O) groups is 3. The van der Waals surface area contributed by atoms with Crippen LogP contribution in [0.5, 0.6) is 0 Å². The Kier molecular flexibility index (Phi) is 7.80. The molecule has 1 saturated heterocycles. The van der Waals surface area contributed by atoms with Gasteiger partial charge in [-0.2, -0.15) is 0 Å². The van der Waals surface area contributed by atoms with Crippen molar-refractivity contribution in [2.24, 2.45) is 5.92 Å². The third-order valence-corrected chi connectivity index (χ3v) is 4.43. The maximum absolute atomic E-state index is 12.8. The van der Waals surface area contributed by atoms with Gasteiger partial charge < -0.3 is 24.8 Å². The normalized spacial score (nSPS) is 16.0. The van der Waals surface area contributed by atoms with Gasteiger partial charge in [-0.1, -0.05) is 19.0 Å². The number of aromatic nitrogens is 1. The highest BCUT2D eigenvalue weighted by Gasteiger charge is 2.29. The monoisotopic (exact) mass is 395 g/mol. The third kappa shape index (κ3) is 6.52. The number of rotatable bonds is 7. The molecule has 10 heteroatoms. The first kappa shape index (κ1) is 21.7. The highest BCUT2D eigenvalue weighted by molar-refractivity contribution is 5.91. The van der Waals surface area contributed by atoms with E-state index in [0.717, 1.165) is 0 Å². The smallest absolute Gasteiger partial charge is 0.407 e. The average Bonchev–Trinajstić information content (AvgIpc) is 3.05. The molecule has 2 rings (SSSR count). The van der Waals surface area contributed by atoms with Crippen LogP contribution in [0.15, 0.2) is 10.6 Å². The Morgan fingerprint density at radius 1 is 1.25 bits per heavy atom. The number of methoxy groups -OCH3 is 1. The van der Waals surface area contributed by atoms with Crippen molar-refractivity contribution in [2.75, 3.05) is 45.2 Å². The largest absolute Gasteiger partial charge is 0.453 e. The van der Waals surface area contributed by atoms with E-state index in [4.69, 9.17) is 4.52 Å². The van der Waals surface area contributed by atoms with Gasteiger partial charge in [0.05, 0.1) is 13.7 Å². The molecule has 1 aromatic rings. The van der Waals surface area contributed by atoms with Crippen LogP contribution in [0.3, 0.4) is 0 Å². The zero-order valence-electron chi connectivity index (χ0n) is 16.9. The standard InChI is InChI=1S/C18H29N5O5/c1-12(2)9-14(19-18(26)27-4)17(25)23-7-5-22(6-8-23)11-16(24)20-15-10-13(3)28-21-15/h10,12,14H,5-9,11H2,1-4H3,(H,19,26)(H,20,21,24). The number of amides is 3. The molecular formula is C18H29N5O5. The summed E-state index contributed by atoms with van der Waals surface area (Å²) in [6, 6.07) is 1.04. The summed E-state index contributed by atoms with van der Waals surface area (Å²) in [4.78, 5) is 40.1. The van der Waals surface area contributed by atoms with Gasteiger partial charge in [-0.25, -0.2) is 4.79 Å². The number of hydrogen-bond donors (Lipinski definition) is 2. The van der Waals surface area contributed by atoms with Crippen molar-refractivity contribution < 1.29 is 23.6 Å². The number of aryl methyl sites for hydroxylation is 1. The van der Waals surface area contributed by atoms with Crippen molar-refractivity contribution in [2.45, 2.75) is 33.2 Å². The minimum absolute atomic E-state index is 0.124. The first-order valence-electron chi connectivity index (χ1n) is 9.37. The maximum atomic E-state index is 12.8. The van der Waals surface area contributed by atoms with E-state index < -0.39 is 12.1 Å². The number of piperazine rings is 1. The summed E-state index contributed by atoms with van der Waals surface area (Å²) in [5, 5.41) is 9.04. The molecule has 2 N–H and O–H groups in total.